The number of ether oxygens (including phenoxy) is 2. The first-order valence-corrected chi connectivity index (χ1v) is 7.79. The van der Waals surface area contributed by atoms with Crippen molar-refractivity contribution < 1.29 is 19.4 Å². The van der Waals surface area contributed by atoms with Crippen LogP contribution in [0.5, 0.6) is 5.75 Å². The summed E-state index contributed by atoms with van der Waals surface area (Å²) < 4.78 is 12.3. The number of rotatable bonds is 11. The number of pyridine rings is 1. The Bertz CT molecular complexity index is 524. The summed E-state index contributed by atoms with van der Waals surface area (Å²) in [6, 6.07) is 1.40. The molecule has 0 atom stereocenters. The lowest BCUT2D eigenvalue weighted by molar-refractivity contribution is 0.0691. The van der Waals surface area contributed by atoms with E-state index in [1.54, 1.807) is 0 Å². The molecule has 0 aliphatic heterocycles. The number of carboxylic acid groups (broad SMARTS) is 1. The van der Waals surface area contributed by atoms with Crippen LogP contribution in [0.3, 0.4) is 0 Å². The van der Waals surface area contributed by atoms with Crippen molar-refractivity contribution in [2.24, 2.45) is 0 Å². The maximum atomic E-state index is 12.3. The lowest BCUT2D eigenvalue weighted by atomic mass is 10.2. The monoisotopic (exact) mass is 311 g/mol. The van der Waals surface area contributed by atoms with Crippen LogP contribution in [-0.4, -0.2) is 35.5 Å². The van der Waals surface area contributed by atoms with Crippen LogP contribution in [-0.2, 0) is 11.3 Å². The quantitative estimate of drug-likeness (QED) is 0.635. The van der Waals surface area contributed by atoms with E-state index >= 15 is 0 Å². The van der Waals surface area contributed by atoms with E-state index in [1.165, 1.54) is 16.8 Å². The second-order valence-electron chi connectivity index (χ2n) is 5.03. The van der Waals surface area contributed by atoms with Gasteiger partial charge in [0, 0.05) is 19.3 Å². The summed E-state index contributed by atoms with van der Waals surface area (Å²) in [4.78, 5) is 23.5. The van der Waals surface area contributed by atoms with E-state index in [0.717, 1.165) is 25.7 Å². The zero-order valence-corrected chi connectivity index (χ0v) is 13.3. The van der Waals surface area contributed by atoms with Crippen molar-refractivity contribution in [2.45, 2.75) is 46.1 Å². The van der Waals surface area contributed by atoms with Crippen molar-refractivity contribution >= 4 is 5.97 Å². The number of aromatic nitrogens is 1. The van der Waals surface area contributed by atoms with Crippen molar-refractivity contribution in [3.63, 3.8) is 0 Å². The lowest BCUT2D eigenvalue weighted by Crippen LogP contribution is -2.26. The first kappa shape index (κ1) is 18.2. The van der Waals surface area contributed by atoms with E-state index in [9.17, 15) is 9.59 Å². The van der Waals surface area contributed by atoms with Crippen molar-refractivity contribution in [3.8, 4) is 5.75 Å². The molecule has 22 heavy (non-hydrogen) atoms. The van der Waals surface area contributed by atoms with Gasteiger partial charge in [-0.05, 0) is 18.9 Å². The Hall–Kier alpha value is -1.82. The number of hydrogen-bond donors (Lipinski definition) is 1. The molecule has 0 saturated heterocycles. The Labute approximate surface area is 130 Å². The van der Waals surface area contributed by atoms with Crippen LogP contribution in [0.2, 0.25) is 0 Å². The summed E-state index contributed by atoms with van der Waals surface area (Å²) in [5, 5.41) is 9.16. The molecule has 1 heterocycles. The average molecular weight is 311 g/mol. The van der Waals surface area contributed by atoms with E-state index in [4.69, 9.17) is 14.6 Å². The van der Waals surface area contributed by atoms with Crippen LogP contribution in [0.4, 0.5) is 0 Å². The Morgan fingerprint density at radius 1 is 1.18 bits per heavy atom. The summed E-state index contributed by atoms with van der Waals surface area (Å²) in [6.45, 7) is 5.88. The number of carboxylic acids is 1. The fraction of sp³-hybridized carbons (Fsp3) is 0.625. The second kappa shape index (κ2) is 10.00. The van der Waals surface area contributed by atoms with Gasteiger partial charge in [0.2, 0.25) is 0 Å². The van der Waals surface area contributed by atoms with Gasteiger partial charge in [0.1, 0.15) is 5.56 Å². The molecule has 1 aromatic rings. The minimum Gasteiger partial charge on any atom is -0.487 e. The molecule has 1 aromatic heterocycles. The van der Waals surface area contributed by atoms with E-state index < -0.39 is 11.5 Å². The molecular formula is C16H25NO5. The van der Waals surface area contributed by atoms with Gasteiger partial charge in [-0.25, -0.2) is 4.79 Å². The molecule has 0 bridgehead atoms. The van der Waals surface area contributed by atoms with Crippen molar-refractivity contribution in [1.82, 2.24) is 4.57 Å². The summed E-state index contributed by atoms with van der Waals surface area (Å²) in [5.41, 5.74) is -0.514. The average Bonchev–Trinajstić information content (AvgIpc) is 2.49. The maximum Gasteiger partial charge on any atom is 0.339 e. The van der Waals surface area contributed by atoms with E-state index in [0.29, 0.717) is 26.4 Å². The van der Waals surface area contributed by atoms with Crippen LogP contribution in [0.15, 0.2) is 17.1 Å². The molecule has 1 N–H and O–H groups in total. The first-order valence-electron chi connectivity index (χ1n) is 7.79. The summed E-state index contributed by atoms with van der Waals surface area (Å²) >= 11 is 0. The molecular weight excluding hydrogens is 286 g/mol. The molecule has 0 unspecified atom stereocenters. The summed E-state index contributed by atoms with van der Waals surface area (Å²) in [5.74, 6) is -1.24. The molecule has 6 nitrogen and oxygen atoms in total. The van der Waals surface area contributed by atoms with Gasteiger partial charge in [0.15, 0.2) is 5.75 Å². The van der Waals surface area contributed by atoms with Gasteiger partial charge in [-0.2, -0.15) is 0 Å². The highest BCUT2D eigenvalue weighted by atomic mass is 16.5. The normalized spacial score (nSPS) is 10.6. The Morgan fingerprint density at radius 2 is 1.86 bits per heavy atom. The molecule has 6 heteroatoms. The highest BCUT2D eigenvalue weighted by Crippen LogP contribution is 2.13. The summed E-state index contributed by atoms with van der Waals surface area (Å²) in [6.07, 6.45) is 5.20. The van der Waals surface area contributed by atoms with Gasteiger partial charge < -0.3 is 19.1 Å². The Kier molecular flexibility index (Phi) is 8.28. The molecule has 124 valence electrons. The fourth-order valence-corrected chi connectivity index (χ4v) is 1.87. The van der Waals surface area contributed by atoms with Crippen molar-refractivity contribution in [2.75, 3.05) is 19.8 Å². The zero-order chi connectivity index (χ0) is 16.4. The smallest absolute Gasteiger partial charge is 0.339 e. The number of nitrogens with zero attached hydrogens (tertiary/aromatic N) is 1. The predicted octanol–water partition coefficient (Wildman–Crippen LogP) is 2.54. The number of hydrogen-bond acceptors (Lipinski definition) is 4. The number of carbonyl (C=O) groups is 1. The third kappa shape index (κ3) is 5.52. The van der Waals surface area contributed by atoms with Gasteiger partial charge in [0.25, 0.3) is 5.56 Å². The largest absolute Gasteiger partial charge is 0.487 e. The standard InChI is InChI=1S/C16H25NO5/c1-3-5-10-21-12-9-17-8-7-13(16(19)20)14(15(17)18)22-11-6-4-2/h7-8H,3-6,9-12H2,1-2H3,(H,19,20). The number of aromatic carboxylic acids is 1. The SMILES string of the molecule is CCCCOCCn1ccc(C(=O)O)c(OCCCC)c1=O. The molecule has 0 amide bonds. The minimum atomic E-state index is -1.16. The lowest BCUT2D eigenvalue weighted by Gasteiger charge is -2.12. The molecule has 0 aromatic carbocycles. The highest BCUT2D eigenvalue weighted by molar-refractivity contribution is 5.90. The van der Waals surface area contributed by atoms with Gasteiger partial charge in [-0.1, -0.05) is 26.7 Å². The Morgan fingerprint density at radius 3 is 2.50 bits per heavy atom. The maximum absolute atomic E-state index is 12.3. The highest BCUT2D eigenvalue weighted by Gasteiger charge is 2.17. The zero-order valence-electron chi connectivity index (χ0n) is 13.3. The fourth-order valence-electron chi connectivity index (χ4n) is 1.87. The molecule has 0 aliphatic rings. The van der Waals surface area contributed by atoms with Crippen molar-refractivity contribution in [3.05, 3.63) is 28.2 Å². The topological polar surface area (TPSA) is 77.8 Å². The van der Waals surface area contributed by atoms with E-state index in [1.807, 2.05) is 6.92 Å². The molecule has 0 spiro atoms. The summed E-state index contributed by atoms with van der Waals surface area (Å²) in [7, 11) is 0. The number of unbranched alkanes of at least 4 members (excludes halogenated alkanes) is 2. The van der Waals surface area contributed by atoms with Gasteiger partial charge >= 0.3 is 5.97 Å². The third-order valence-corrected chi connectivity index (χ3v) is 3.21. The molecule has 0 fully saturated rings. The molecule has 0 aliphatic carbocycles. The molecule has 1 rings (SSSR count). The van der Waals surface area contributed by atoms with Crippen LogP contribution in [0, 0.1) is 0 Å². The van der Waals surface area contributed by atoms with Crippen LogP contribution >= 0.6 is 0 Å². The van der Waals surface area contributed by atoms with Crippen LogP contribution < -0.4 is 10.3 Å². The van der Waals surface area contributed by atoms with Gasteiger partial charge in [0.05, 0.1) is 13.2 Å². The minimum absolute atomic E-state index is 0.0861. The van der Waals surface area contributed by atoms with E-state index in [2.05, 4.69) is 6.92 Å². The molecule has 0 saturated carbocycles. The van der Waals surface area contributed by atoms with Crippen molar-refractivity contribution in [1.29, 1.82) is 0 Å². The Balaban J connectivity index is 2.80. The van der Waals surface area contributed by atoms with E-state index in [-0.39, 0.29) is 11.3 Å². The van der Waals surface area contributed by atoms with Gasteiger partial charge in [-0.3, -0.25) is 4.79 Å². The first-order chi connectivity index (χ1) is 10.6. The molecule has 0 radical (unpaired) electrons. The van der Waals surface area contributed by atoms with Crippen LogP contribution in [0.1, 0.15) is 49.9 Å². The van der Waals surface area contributed by atoms with Gasteiger partial charge in [-0.15, -0.1) is 0 Å². The second-order valence-corrected chi connectivity index (χ2v) is 5.03. The third-order valence-electron chi connectivity index (χ3n) is 3.21. The van der Waals surface area contributed by atoms with Crippen LogP contribution in [0.25, 0.3) is 0 Å². The predicted molar refractivity (Wildman–Crippen MR) is 83.8 cm³/mol.